The molecule has 17 aromatic rings. The summed E-state index contributed by atoms with van der Waals surface area (Å²) >= 11 is 1.86. The molecule has 0 unspecified atom stereocenters. The molecule has 0 N–H and O–H groups in total. The van der Waals surface area contributed by atoms with Crippen LogP contribution < -0.4 is 4.90 Å². The fraction of sp³-hybridized carbons (Fsp3) is 0. The molecule has 6 heteroatoms. The van der Waals surface area contributed by atoms with Crippen LogP contribution in [0.25, 0.3) is 147 Å². The van der Waals surface area contributed by atoms with Crippen LogP contribution in [-0.4, -0.2) is 19.5 Å². The van der Waals surface area contributed by atoms with Gasteiger partial charge >= 0.3 is 0 Å². The van der Waals surface area contributed by atoms with E-state index in [9.17, 15) is 0 Å². The van der Waals surface area contributed by atoms with Crippen molar-refractivity contribution in [2.24, 2.45) is 0 Å². The Kier molecular flexibility index (Phi) is 11.4. The Hall–Kier alpha value is -11.1. The third-order valence-electron chi connectivity index (χ3n) is 17.0. The van der Waals surface area contributed by atoms with Crippen molar-refractivity contribution in [3.8, 4) is 62.1 Å². The Morgan fingerprint density at radius 3 is 1.41 bits per heavy atom. The molecular formula is C79H49N5S. The third-order valence-corrected chi connectivity index (χ3v) is 18.1. The fourth-order valence-electron chi connectivity index (χ4n) is 13.1. The highest BCUT2D eigenvalue weighted by Gasteiger charge is 2.26. The molecule has 396 valence electrons. The maximum absolute atomic E-state index is 5.49. The number of benzene rings is 14. The number of anilines is 3. The Morgan fingerprint density at radius 2 is 0.776 bits per heavy atom. The Morgan fingerprint density at radius 1 is 0.294 bits per heavy atom. The summed E-state index contributed by atoms with van der Waals surface area (Å²) < 4.78 is 4.75. The first-order valence-electron chi connectivity index (χ1n) is 28.8. The number of hydrogen-bond donors (Lipinski definition) is 0. The molecule has 0 bridgehead atoms. The number of thiophene rings is 1. The summed E-state index contributed by atoms with van der Waals surface area (Å²) in [6, 6.07) is 107. The predicted molar refractivity (Wildman–Crippen MR) is 359 cm³/mol. The first kappa shape index (κ1) is 48.6. The third kappa shape index (κ3) is 8.02. The Bertz CT molecular complexity index is 5410. The summed E-state index contributed by atoms with van der Waals surface area (Å²) in [4.78, 5) is 18.6. The van der Waals surface area contributed by atoms with E-state index in [1.54, 1.807) is 0 Å². The lowest BCUT2D eigenvalue weighted by Gasteiger charge is -2.28. The molecule has 14 aromatic carbocycles. The van der Waals surface area contributed by atoms with Gasteiger partial charge in [0.25, 0.3) is 0 Å². The van der Waals surface area contributed by atoms with Crippen LogP contribution in [0.2, 0.25) is 0 Å². The van der Waals surface area contributed by atoms with Crippen LogP contribution in [0.4, 0.5) is 17.1 Å². The molecule has 0 amide bonds. The van der Waals surface area contributed by atoms with Gasteiger partial charge in [0.05, 0.1) is 21.4 Å². The number of para-hydroxylation sites is 1. The smallest absolute Gasteiger partial charge is 0.238 e. The summed E-state index contributed by atoms with van der Waals surface area (Å²) in [5.74, 6) is 1.78. The molecule has 0 atom stereocenters. The van der Waals surface area contributed by atoms with E-state index < -0.39 is 0 Å². The van der Waals surface area contributed by atoms with E-state index in [1.165, 1.54) is 74.4 Å². The minimum atomic E-state index is 0.560. The molecule has 3 heterocycles. The summed E-state index contributed by atoms with van der Waals surface area (Å²) in [5.41, 5.74) is 14.0. The molecular weight excluding hydrogens is 1050 g/mol. The minimum Gasteiger partial charge on any atom is -0.310 e. The van der Waals surface area contributed by atoms with Crippen molar-refractivity contribution in [2.45, 2.75) is 0 Å². The van der Waals surface area contributed by atoms with Gasteiger partial charge in [-0.1, -0.05) is 243 Å². The fourth-order valence-corrected chi connectivity index (χ4v) is 14.4. The normalized spacial score (nSPS) is 11.8. The van der Waals surface area contributed by atoms with E-state index in [1.807, 2.05) is 47.7 Å². The molecule has 0 fully saturated rings. The van der Waals surface area contributed by atoms with E-state index >= 15 is 0 Å². The second-order valence-electron chi connectivity index (χ2n) is 21.8. The molecule has 0 aliphatic carbocycles. The Labute approximate surface area is 494 Å². The van der Waals surface area contributed by atoms with Gasteiger partial charge in [-0.3, -0.25) is 4.57 Å². The van der Waals surface area contributed by atoms with Gasteiger partial charge in [0.2, 0.25) is 5.95 Å². The van der Waals surface area contributed by atoms with Gasteiger partial charge in [-0.25, -0.2) is 4.98 Å². The van der Waals surface area contributed by atoms with Gasteiger partial charge in [0.15, 0.2) is 11.6 Å². The van der Waals surface area contributed by atoms with Crippen LogP contribution in [0.5, 0.6) is 0 Å². The van der Waals surface area contributed by atoms with E-state index in [0.717, 1.165) is 72.2 Å². The quantitative estimate of drug-likeness (QED) is 0.135. The van der Waals surface area contributed by atoms with Crippen molar-refractivity contribution < 1.29 is 0 Å². The van der Waals surface area contributed by atoms with Crippen LogP contribution in [0.3, 0.4) is 0 Å². The average molecular weight is 1100 g/mol. The average Bonchev–Trinajstić information content (AvgIpc) is 1.80. The van der Waals surface area contributed by atoms with Gasteiger partial charge in [-0.05, 0) is 126 Å². The first-order chi connectivity index (χ1) is 42.2. The van der Waals surface area contributed by atoms with Crippen molar-refractivity contribution in [3.63, 3.8) is 0 Å². The molecule has 17 rings (SSSR count). The molecule has 85 heavy (non-hydrogen) atoms. The zero-order chi connectivity index (χ0) is 56.0. The monoisotopic (exact) mass is 1100 g/mol. The zero-order valence-corrected chi connectivity index (χ0v) is 46.8. The number of nitrogens with zero attached hydrogens (tertiary/aromatic N) is 5. The van der Waals surface area contributed by atoms with Gasteiger partial charge in [0, 0.05) is 54.3 Å². The van der Waals surface area contributed by atoms with Gasteiger partial charge < -0.3 is 4.90 Å². The first-order valence-corrected chi connectivity index (χ1v) is 29.6. The van der Waals surface area contributed by atoms with Crippen LogP contribution in [0, 0.1) is 0 Å². The molecule has 0 saturated carbocycles. The SMILES string of the molecule is c1ccc(-c2ccc(N(c3cccc(-c4ccc5c(c4)c4c6ccccc6c6c7cc8c9ccccc9c9ccccc9c8cc7sc6c4n5-c4nc(-c5ccccc5)nc(-c5ccccc5)n4)c3)c3ccccc3-c3ccccc3)cc2)cc1. The van der Waals surface area contributed by atoms with Crippen molar-refractivity contribution in [1.29, 1.82) is 0 Å². The van der Waals surface area contributed by atoms with Crippen molar-refractivity contribution in [2.75, 3.05) is 4.90 Å². The highest BCUT2D eigenvalue weighted by atomic mass is 32.1. The largest absolute Gasteiger partial charge is 0.310 e. The highest BCUT2D eigenvalue weighted by molar-refractivity contribution is 7.27. The maximum Gasteiger partial charge on any atom is 0.238 e. The van der Waals surface area contributed by atoms with E-state index in [4.69, 9.17) is 15.0 Å². The van der Waals surface area contributed by atoms with Crippen molar-refractivity contribution >= 4 is 113 Å². The van der Waals surface area contributed by atoms with Gasteiger partial charge in [-0.2, -0.15) is 9.97 Å². The molecule has 0 aliphatic rings. The zero-order valence-electron chi connectivity index (χ0n) is 45.9. The number of rotatable bonds is 9. The van der Waals surface area contributed by atoms with Gasteiger partial charge in [-0.15, -0.1) is 11.3 Å². The number of aromatic nitrogens is 4. The molecule has 5 nitrogen and oxygen atoms in total. The van der Waals surface area contributed by atoms with Crippen molar-refractivity contribution in [1.82, 2.24) is 19.5 Å². The summed E-state index contributed by atoms with van der Waals surface area (Å²) in [6.07, 6.45) is 0. The lowest BCUT2D eigenvalue weighted by Crippen LogP contribution is -2.11. The van der Waals surface area contributed by atoms with E-state index in [0.29, 0.717) is 17.6 Å². The van der Waals surface area contributed by atoms with Crippen LogP contribution in [0.1, 0.15) is 0 Å². The summed E-state index contributed by atoms with van der Waals surface area (Å²) in [7, 11) is 0. The molecule has 0 saturated heterocycles. The summed E-state index contributed by atoms with van der Waals surface area (Å²) in [6.45, 7) is 0. The van der Waals surface area contributed by atoms with Crippen LogP contribution in [-0.2, 0) is 0 Å². The van der Waals surface area contributed by atoms with Crippen molar-refractivity contribution in [3.05, 3.63) is 297 Å². The summed E-state index contributed by atoms with van der Waals surface area (Å²) in [5, 5.41) is 14.7. The molecule has 0 aliphatic heterocycles. The lowest BCUT2D eigenvalue weighted by molar-refractivity contribution is 0.955. The second kappa shape index (κ2) is 19.8. The molecule has 0 spiro atoms. The van der Waals surface area contributed by atoms with E-state index in [-0.39, 0.29) is 0 Å². The van der Waals surface area contributed by atoms with E-state index in [2.05, 4.69) is 270 Å². The Balaban J connectivity index is 0.938. The second-order valence-corrected chi connectivity index (χ2v) is 22.9. The lowest BCUT2D eigenvalue weighted by atomic mass is 9.92. The standard InChI is InChI=1S/C79H49N5S/c1-5-22-50(23-6-1)51-40-43-57(44-41-51)83(70-39-20-19-32-59(70)52-24-7-2-8-25-52)58-31-21-30-55(46-58)56-42-45-71-68(47-56)73-64-37-17-18-38-65(64)74-69-48-66-62-35-15-13-33-60(62)61-34-14-16-36-63(61)67(66)49-72(69)85-76(74)75(73)84(71)79-81-77(53-26-9-3-10-27-53)80-78(82-79)54-28-11-4-12-29-54/h1-49H. The highest BCUT2D eigenvalue weighted by Crippen LogP contribution is 2.51. The predicted octanol–water partition coefficient (Wildman–Crippen LogP) is 21.8. The molecule has 0 radical (unpaired) electrons. The number of fused-ring (bicyclic) bond motifs is 16. The topological polar surface area (TPSA) is 46.8 Å². The van der Waals surface area contributed by atoms with Crippen LogP contribution in [0.15, 0.2) is 297 Å². The van der Waals surface area contributed by atoms with Gasteiger partial charge in [0.1, 0.15) is 0 Å². The number of hydrogen-bond acceptors (Lipinski definition) is 5. The maximum atomic E-state index is 5.49. The molecule has 3 aromatic heterocycles. The minimum absolute atomic E-state index is 0.560. The van der Waals surface area contributed by atoms with Crippen LogP contribution >= 0.6 is 11.3 Å².